The van der Waals surface area contributed by atoms with Crippen molar-refractivity contribution >= 4 is 11.7 Å². The minimum atomic E-state index is -0.566. The summed E-state index contributed by atoms with van der Waals surface area (Å²) in [6.45, 7) is 4.89. The second kappa shape index (κ2) is 7.31. The highest BCUT2D eigenvalue weighted by Crippen LogP contribution is 2.38. The van der Waals surface area contributed by atoms with E-state index in [0.717, 1.165) is 41.8 Å². The molecule has 0 atom stereocenters. The molecular formula is C22H24FN5O. The summed E-state index contributed by atoms with van der Waals surface area (Å²) in [5.74, 6) is -0.634. The summed E-state index contributed by atoms with van der Waals surface area (Å²) >= 11 is 0. The molecule has 0 saturated heterocycles. The van der Waals surface area contributed by atoms with Crippen molar-refractivity contribution in [2.75, 3.05) is 5.32 Å². The molecule has 1 aliphatic carbocycles. The third-order valence-electron chi connectivity index (χ3n) is 5.41. The van der Waals surface area contributed by atoms with Gasteiger partial charge in [0.05, 0.1) is 5.69 Å². The van der Waals surface area contributed by atoms with E-state index in [1.165, 1.54) is 6.07 Å². The van der Waals surface area contributed by atoms with Gasteiger partial charge in [0.25, 0.3) is 0 Å². The van der Waals surface area contributed by atoms with Crippen LogP contribution in [-0.4, -0.2) is 21.1 Å². The first-order chi connectivity index (χ1) is 13.8. The highest BCUT2D eigenvalue weighted by molar-refractivity contribution is 5.92. The molecule has 0 spiro atoms. The second-order valence-electron chi connectivity index (χ2n) is 8.35. The number of nitrogens with one attached hydrogen (secondary N) is 2. The number of carbonyl (C=O) groups is 1. The quantitative estimate of drug-likeness (QED) is 0.574. The zero-order valence-corrected chi connectivity index (χ0v) is 16.6. The monoisotopic (exact) mass is 393 g/mol. The molecule has 150 valence electrons. The number of rotatable bonds is 5. The minimum Gasteiger partial charge on any atom is -0.366 e. The number of nitrogens with zero attached hydrogens (tertiary/aromatic N) is 2. The van der Waals surface area contributed by atoms with Gasteiger partial charge in [-0.1, -0.05) is 26.0 Å². The number of H-pyrrole nitrogens is 1. The Morgan fingerprint density at radius 1 is 1.31 bits per heavy atom. The fraction of sp³-hybridized carbons (Fsp3) is 0.318. The molecule has 0 saturated carbocycles. The van der Waals surface area contributed by atoms with Crippen LogP contribution in [0.5, 0.6) is 0 Å². The molecule has 3 aromatic rings. The van der Waals surface area contributed by atoms with Crippen LogP contribution in [0.25, 0.3) is 11.3 Å². The van der Waals surface area contributed by atoms with Gasteiger partial charge in [0, 0.05) is 35.0 Å². The van der Waals surface area contributed by atoms with Gasteiger partial charge in [0.15, 0.2) is 0 Å². The first kappa shape index (κ1) is 19.1. The van der Waals surface area contributed by atoms with Crippen molar-refractivity contribution in [3.8, 4) is 11.3 Å². The fourth-order valence-electron chi connectivity index (χ4n) is 3.84. The Morgan fingerprint density at radius 3 is 2.93 bits per heavy atom. The summed E-state index contributed by atoms with van der Waals surface area (Å²) in [6.07, 6.45) is 2.92. The molecule has 4 rings (SSSR count). The van der Waals surface area contributed by atoms with Crippen molar-refractivity contribution in [3.05, 3.63) is 64.7 Å². The lowest BCUT2D eigenvalue weighted by Gasteiger charge is -2.29. The molecule has 29 heavy (non-hydrogen) atoms. The number of benzene rings is 1. The first-order valence-electron chi connectivity index (χ1n) is 9.67. The molecule has 2 heterocycles. The van der Waals surface area contributed by atoms with E-state index in [9.17, 15) is 9.18 Å². The van der Waals surface area contributed by atoms with Crippen molar-refractivity contribution in [1.29, 1.82) is 0 Å². The lowest BCUT2D eigenvalue weighted by Crippen LogP contribution is -2.21. The van der Waals surface area contributed by atoms with E-state index < -0.39 is 11.9 Å². The highest BCUT2D eigenvalue weighted by atomic mass is 19.1. The van der Waals surface area contributed by atoms with Gasteiger partial charge < -0.3 is 11.1 Å². The third-order valence-corrected chi connectivity index (χ3v) is 5.41. The van der Waals surface area contributed by atoms with Gasteiger partial charge >= 0.3 is 0 Å². The lowest BCUT2D eigenvalue weighted by atomic mass is 9.76. The van der Waals surface area contributed by atoms with E-state index in [0.29, 0.717) is 23.5 Å². The van der Waals surface area contributed by atoms with Gasteiger partial charge in [-0.3, -0.25) is 9.89 Å². The molecule has 0 bridgehead atoms. The Hall–Kier alpha value is -3.22. The molecule has 0 fully saturated rings. The summed E-state index contributed by atoms with van der Waals surface area (Å²) in [4.78, 5) is 15.3. The number of hydrogen-bond donors (Lipinski definition) is 3. The number of anilines is 1. The lowest BCUT2D eigenvalue weighted by molar-refractivity contribution is 0.1000. The van der Waals surface area contributed by atoms with Crippen LogP contribution in [0.3, 0.4) is 0 Å². The van der Waals surface area contributed by atoms with Crippen LogP contribution in [0, 0.1) is 11.4 Å². The summed E-state index contributed by atoms with van der Waals surface area (Å²) < 4.78 is 14.2. The average Bonchev–Trinajstić information content (AvgIpc) is 3.08. The van der Waals surface area contributed by atoms with E-state index in [2.05, 4.69) is 34.3 Å². The first-order valence-corrected chi connectivity index (χ1v) is 9.67. The molecule has 0 unspecified atom stereocenters. The third kappa shape index (κ3) is 4.13. The summed E-state index contributed by atoms with van der Waals surface area (Å²) in [5.41, 5.74) is 10.6. The van der Waals surface area contributed by atoms with Crippen LogP contribution >= 0.6 is 0 Å². The van der Waals surface area contributed by atoms with Crippen molar-refractivity contribution in [3.63, 3.8) is 0 Å². The predicted octanol–water partition coefficient (Wildman–Crippen LogP) is 3.84. The molecular weight excluding hydrogens is 369 g/mol. The number of hydrogen-bond acceptors (Lipinski definition) is 4. The largest absolute Gasteiger partial charge is 0.366 e. The standard InChI is InChI=1S/C22H24FN5O/c1-22(2)7-6-16-17(11-22)27-28-20(16)15-9-18(23)26-19(10-15)25-12-13-4-3-5-14(8-13)21(24)29/h3-5,8-10H,6-7,11-12H2,1-2H3,(H2,24,29)(H,25,26)(H,27,28). The molecule has 0 aliphatic heterocycles. The summed E-state index contributed by atoms with van der Waals surface area (Å²) in [6, 6.07) is 10.2. The number of amides is 1. The zero-order chi connectivity index (χ0) is 20.6. The van der Waals surface area contributed by atoms with Crippen LogP contribution in [0.4, 0.5) is 10.2 Å². The second-order valence-corrected chi connectivity index (χ2v) is 8.35. The van der Waals surface area contributed by atoms with Gasteiger partial charge in [-0.15, -0.1) is 0 Å². The van der Waals surface area contributed by atoms with E-state index in [-0.39, 0.29) is 5.41 Å². The summed E-state index contributed by atoms with van der Waals surface area (Å²) in [5, 5.41) is 10.7. The molecule has 1 aromatic carbocycles. The number of aromatic nitrogens is 3. The molecule has 6 nitrogen and oxygen atoms in total. The van der Waals surface area contributed by atoms with E-state index in [4.69, 9.17) is 5.73 Å². The van der Waals surface area contributed by atoms with Crippen LogP contribution < -0.4 is 11.1 Å². The number of nitrogens with two attached hydrogens (primary N) is 1. The Kier molecular flexibility index (Phi) is 4.82. The van der Waals surface area contributed by atoms with Gasteiger partial charge in [-0.2, -0.15) is 9.49 Å². The maximum absolute atomic E-state index is 14.2. The van der Waals surface area contributed by atoms with Crippen molar-refractivity contribution < 1.29 is 9.18 Å². The van der Waals surface area contributed by atoms with Crippen molar-refractivity contribution in [1.82, 2.24) is 15.2 Å². The van der Waals surface area contributed by atoms with Crippen LogP contribution in [0.1, 0.15) is 47.4 Å². The topological polar surface area (TPSA) is 96.7 Å². The molecule has 7 heteroatoms. The Bertz CT molecular complexity index is 1070. The van der Waals surface area contributed by atoms with Gasteiger partial charge in [-0.25, -0.2) is 4.98 Å². The predicted molar refractivity (Wildman–Crippen MR) is 110 cm³/mol. The number of aromatic amines is 1. The van der Waals surface area contributed by atoms with E-state index in [1.807, 2.05) is 6.07 Å². The van der Waals surface area contributed by atoms with Gasteiger partial charge in [0.1, 0.15) is 5.82 Å². The van der Waals surface area contributed by atoms with Crippen LogP contribution in [0.2, 0.25) is 0 Å². The van der Waals surface area contributed by atoms with Crippen LogP contribution in [-0.2, 0) is 19.4 Å². The smallest absolute Gasteiger partial charge is 0.248 e. The zero-order valence-electron chi connectivity index (χ0n) is 16.6. The molecule has 0 radical (unpaired) electrons. The minimum absolute atomic E-state index is 0.243. The normalized spacial score (nSPS) is 15.0. The van der Waals surface area contributed by atoms with Crippen molar-refractivity contribution in [2.24, 2.45) is 11.1 Å². The number of carbonyl (C=O) groups excluding carboxylic acids is 1. The van der Waals surface area contributed by atoms with Crippen LogP contribution in [0.15, 0.2) is 36.4 Å². The molecule has 1 aliphatic rings. The Labute approximate surface area is 168 Å². The fourth-order valence-corrected chi connectivity index (χ4v) is 3.84. The molecule has 2 aromatic heterocycles. The molecule has 1 amide bonds. The average molecular weight is 393 g/mol. The SMILES string of the molecule is CC1(C)CCc2c(-c3cc(F)nc(NCc4cccc(C(N)=O)c4)c3)n[nH]c2C1. The Morgan fingerprint density at radius 2 is 2.14 bits per heavy atom. The highest BCUT2D eigenvalue weighted by Gasteiger charge is 2.29. The number of fused-ring (bicyclic) bond motifs is 1. The van der Waals surface area contributed by atoms with Gasteiger partial charge in [-0.05, 0) is 48.4 Å². The van der Waals surface area contributed by atoms with Crippen molar-refractivity contribution in [2.45, 2.75) is 39.7 Å². The van der Waals surface area contributed by atoms with E-state index >= 15 is 0 Å². The maximum atomic E-state index is 14.2. The summed E-state index contributed by atoms with van der Waals surface area (Å²) in [7, 11) is 0. The number of halogens is 1. The number of primary amides is 1. The van der Waals surface area contributed by atoms with Gasteiger partial charge in [0.2, 0.25) is 11.9 Å². The van der Waals surface area contributed by atoms with E-state index in [1.54, 1.807) is 24.3 Å². The number of pyridine rings is 1. The molecule has 4 N–H and O–H groups in total. The maximum Gasteiger partial charge on any atom is 0.248 e. The Balaban J connectivity index is 1.57.